The highest BCUT2D eigenvalue weighted by molar-refractivity contribution is 6.32. The maximum Gasteiger partial charge on any atom is 0.287 e. The zero-order valence-electron chi connectivity index (χ0n) is 6.90. The molecule has 0 radical (unpaired) electrons. The van der Waals surface area contributed by atoms with Gasteiger partial charge in [-0.2, -0.15) is 0 Å². The Bertz CT molecular complexity index is 338. The van der Waals surface area contributed by atoms with Crippen molar-refractivity contribution in [3.05, 3.63) is 38.9 Å². The molecule has 70 valence electrons. The van der Waals surface area contributed by atoms with Crippen molar-refractivity contribution in [3.8, 4) is 0 Å². The number of aliphatic hydroxyl groups excluding tert-OH is 1. The van der Waals surface area contributed by atoms with E-state index < -0.39 is 11.0 Å². The predicted octanol–water partition coefficient (Wildman–Crippen LogP) is 2.30. The fourth-order valence-corrected chi connectivity index (χ4v) is 1.19. The Morgan fingerprint density at radius 1 is 1.62 bits per heavy atom. The van der Waals surface area contributed by atoms with Gasteiger partial charge in [0.05, 0.1) is 11.0 Å². The summed E-state index contributed by atoms with van der Waals surface area (Å²) in [6, 6.07) is 4.16. The molecule has 1 atom stereocenters. The van der Waals surface area contributed by atoms with Crippen LogP contribution < -0.4 is 0 Å². The van der Waals surface area contributed by atoms with E-state index in [0.717, 1.165) is 0 Å². The van der Waals surface area contributed by atoms with E-state index in [-0.39, 0.29) is 10.7 Å². The van der Waals surface area contributed by atoms with Crippen LogP contribution in [0.5, 0.6) is 0 Å². The van der Waals surface area contributed by atoms with Gasteiger partial charge in [-0.3, -0.25) is 10.1 Å². The van der Waals surface area contributed by atoms with E-state index >= 15 is 0 Å². The van der Waals surface area contributed by atoms with Gasteiger partial charge in [0.2, 0.25) is 0 Å². The second-order valence-corrected chi connectivity index (χ2v) is 3.05. The Kier molecular flexibility index (Phi) is 2.85. The maximum absolute atomic E-state index is 10.4. The highest BCUT2D eigenvalue weighted by Gasteiger charge is 2.13. The van der Waals surface area contributed by atoms with Crippen molar-refractivity contribution in [1.29, 1.82) is 0 Å². The normalized spacial score (nSPS) is 12.5. The van der Waals surface area contributed by atoms with Crippen molar-refractivity contribution in [2.45, 2.75) is 13.0 Å². The van der Waals surface area contributed by atoms with E-state index in [1.54, 1.807) is 6.92 Å². The van der Waals surface area contributed by atoms with Gasteiger partial charge in [0, 0.05) is 6.07 Å². The van der Waals surface area contributed by atoms with E-state index in [9.17, 15) is 10.1 Å². The molecular weight excluding hydrogens is 194 g/mol. The number of benzene rings is 1. The monoisotopic (exact) mass is 201 g/mol. The number of hydrogen-bond donors (Lipinski definition) is 1. The average Bonchev–Trinajstić information content (AvgIpc) is 2.03. The quantitative estimate of drug-likeness (QED) is 0.590. The van der Waals surface area contributed by atoms with Crippen LogP contribution in [0.1, 0.15) is 18.6 Å². The molecule has 0 aromatic heterocycles. The Labute approximate surface area is 79.9 Å². The number of nitrogens with zero attached hydrogens (tertiary/aromatic N) is 1. The summed E-state index contributed by atoms with van der Waals surface area (Å²) >= 11 is 5.62. The van der Waals surface area contributed by atoms with E-state index in [2.05, 4.69) is 0 Å². The van der Waals surface area contributed by atoms with Crippen LogP contribution in [0.2, 0.25) is 5.02 Å². The van der Waals surface area contributed by atoms with Crippen LogP contribution in [0.3, 0.4) is 0 Å². The molecule has 0 aliphatic rings. The Balaban J connectivity index is 3.13. The summed E-state index contributed by atoms with van der Waals surface area (Å²) in [5.41, 5.74) is 0.418. The van der Waals surface area contributed by atoms with Crippen molar-refractivity contribution in [2.24, 2.45) is 0 Å². The minimum absolute atomic E-state index is 0.0448. The number of nitro benzene ring substituents is 1. The lowest BCUT2D eigenvalue weighted by molar-refractivity contribution is -0.384. The molecule has 0 fully saturated rings. The van der Waals surface area contributed by atoms with Crippen molar-refractivity contribution < 1.29 is 10.0 Å². The Morgan fingerprint density at radius 2 is 2.23 bits per heavy atom. The smallest absolute Gasteiger partial charge is 0.287 e. The molecule has 0 saturated heterocycles. The van der Waals surface area contributed by atoms with Crippen LogP contribution in [0.4, 0.5) is 5.69 Å². The second kappa shape index (κ2) is 3.72. The molecule has 1 rings (SSSR count). The van der Waals surface area contributed by atoms with Gasteiger partial charge in [-0.25, -0.2) is 0 Å². The summed E-state index contributed by atoms with van der Waals surface area (Å²) in [5.74, 6) is 0. The average molecular weight is 202 g/mol. The SMILES string of the molecule is CC(O)c1ccc([N+](=O)[O-])c(Cl)c1. The summed E-state index contributed by atoms with van der Waals surface area (Å²) in [5, 5.41) is 19.6. The first kappa shape index (κ1) is 9.95. The molecule has 0 spiro atoms. The standard InChI is InChI=1S/C8H8ClNO3/c1-5(11)6-2-3-8(10(12)13)7(9)4-6/h2-5,11H,1H3. The van der Waals surface area contributed by atoms with Gasteiger partial charge in [-0.1, -0.05) is 11.6 Å². The molecule has 13 heavy (non-hydrogen) atoms. The third-order valence-electron chi connectivity index (χ3n) is 1.65. The molecule has 0 heterocycles. The van der Waals surface area contributed by atoms with E-state index in [0.29, 0.717) is 5.56 Å². The number of hydrogen-bond acceptors (Lipinski definition) is 3. The zero-order valence-corrected chi connectivity index (χ0v) is 7.65. The fourth-order valence-electron chi connectivity index (χ4n) is 0.931. The first-order chi connectivity index (χ1) is 6.02. The molecule has 1 N–H and O–H groups in total. The molecule has 0 amide bonds. The number of halogens is 1. The number of rotatable bonds is 2. The predicted molar refractivity (Wildman–Crippen MR) is 48.7 cm³/mol. The van der Waals surface area contributed by atoms with Gasteiger partial charge in [0.25, 0.3) is 5.69 Å². The minimum Gasteiger partial charge on any atom is -0.389 e. The highest BCUT2D eigenvalue weighted by atomic mass is 35.5. The van der Waals surface area contributed by atoms with Crippen LogP contribution in [-0.4, -0.2) is 10.0 Å². The van der Waals surface area contributed by atoms with E-state index in [4.69, 9.17) is 16.7 Å². The first-order valence-electron chi connectivity index (χ1n) is 3.64. The van der Waals surface area contributed by atoms with Crippen LogP contribution in [-0.2, 0) is 0 Å². The van der Waals surface area contributed by atoms with Gasteiger partial charge in [0.15, 0.2) is 0 Å². The fraction of sp³-hybridized carbons (Fsp3) is 0.250. The Hall–Kier alpha value is -1.13. The van der Waals surface area contributed by atoms with Gasteiger partial charge >= 0.3 is 0 Å². The van der Waals surface area contributed by atoms with Crippen LogP contribution >= 0.6 is 11.6 Å². The largest absolute Gasteiger partial charge is 0.389 e. The van der Waals surface area contributed by atoms with E-state index in [1.807, 2.05) is 0 Å². The molecule has 1 unspecified atom stereocenters. The molecule has 0 aliphatic carbocycles. The zero-order chi connectivity index (χ0) is 10.0. The molecule has 4 nitrogen and oxygen atoms in total. The van der Waals surface area contributed by atoms with Gasteiger partial charge < -0.3 is 5.11 Å². The van der Waals surface area contributed by atoms with Crippen LogP contribution in [0.25, 0.3) is 0 Å². The molecule has 1 aromatic rings. The van der Waals surface area contributed by atoms with Crippen molar-refractivity contribution in [3.63, 3.8) is 0 Å². The molecule has 0 bridgehead atoms. The lowest BCUT2D eigenvalue weighted by atomic mass is 10.1. The Morgan fingerprint density at radius 3 is 2.62 bits per heavy atom. The van der Waals surface area contributed by atoms with Crippen molar-refractivity contribution >= 4 is 17.3 Å². The lowest BCUT2D eigenvalue weighted by Gasteiger charge is -2.04. The topological polar surface area (TPSA) is 63.4 Å². The summed E-state index contributed by atoms with van der Waals surface area (Å²) in [4.78, 5) is 9.80. The van der Waals surface area contributed by atoms with Crippen molar-refractivity contribution in [1.82, 2.24) is 0 Å². The van der Waals surface area contributed by atoms with E-state index in [1.165, 1.54) is 18.2 Å². The van der Waals surface area contributed by atoms with Gasteiger partial charge in [0.1, 0.15) is 5.02 Å². The minimum atomic E-state index is -0.668. The highest BCUT2D eigenvalue weighted by Crippen LogP contribution is 2.27. The summed E-state index contributed by atoms with van der Waals surface area (Å²) < 4.78 is 0. The van der Waals surface area contributed by atoms with Crippen LogP contribution in [0, 0.1) is 10.1 Å². The third kappa shape index (κ3) is 2.17. The molecule has 1 aromatic carbocycles. The molecule has 5 heteroatoms. The molecule has 0 saturated carbocycles. The number of aliphatic hydroxyl groups is 1. The van der Waals surface area contributed by atoms with Crippen molar-refractivity contribution in [2.75, 3.05) is 0 Å². The second-order valence-electron chi connectivity index (χ2n) is 2.64. The maximum atomic E-state index is 10.4. The van der Waals surface area contributed by atoms with Gasteiger partial charge in [-0.05, 0) is 24.6 Å². The summed E-state index contributed by atoms with van der Waals surface area (Å²) in [6.45, 7) is 1.57. The molecular formula is C8H8ClNO3. The van der Waals surface area contributed by atoms with Crippen LogP contribution in [0.15, 0.2) is 18.2 Å². The third-order valence-corrected chi connectivity index (χ3v) is 1.95. The lowest BCUT2D eigenvalue weighted by Crippen LogP contribution is -1.93. The summed E-state index contributed by atoms with van der Waals surface area (Å²) in [6.07, 6.45) is -0.668. The summed E-state index contributed by atoms with van der Waals surface area (Å²) in [7, 11) is 0. The number of nitro groups is 1. The first-order valence-corrected chi connectivity index (χ1v) is 4.02. The van der Waals surface area contributed by atoms with Gasteiger partial charge in [-0.15, -0.1) is 0 Å². The molecule has 0 aliphatic heterocycles.